The number of carbonyl (C=O) groups excluding carboxylic acids is 1. The average Bonchev–Trinajstić information content (AvgIpc) is 3.21. The van der Waals surface area contributed by atoms with E-state index in [1.54, 1.807) is 36.4 Å². The monoisotopic (exact) mass is 389 g/mol. The van der Waals surface area contributed by atoms with Crippen LogP contribution in [0.4, 0.5) is 10.1 Å². The number of nitrogens with zero attached hydrogens (tertiary/aromatic N) is 2. The number of fused-ring (bicyclic) bond motifs is 1. The molecule has 2 aromatic carbocycles. The Hall–Kier alpha value is -2.37. The van der Waals surface area contributed by atoms with Gasteiger partial charge in [-0.1, -0.05) is 35.3 Å². The molecule has 0 unspecified atom stereocenters. The highest BCUT2D eigenvalue weighted by Crippen LogP contribution is 2.30. The molecule has 0 radical (unpaired) electrons. The molecule has 0 saturated carbocycles. The molecule has 132 valence electrons. The summed E-state index contributed by atoms with van der Waals surface area (Å²) in [5.41, 5.74) is 2.76. The second-order valence-electron chi connectivity index (χ2n) is 6.07. The summed E-state index contributed by atoms with van der Waals surface area (Å²) in [4.78, 5) is 12.8. The van der Waals surface area contributed by atoms with E-state index in [4.69, 9.17) is 23.2 Å². The lowest BCUT2D eigenvalue weighted by Gasteiger charge is -2.07. The summed E-state index contributed by atoms with van der Waals surface area (Å²) >= 11 is 12.1. The van der Waals surface area contributed by atoms with Gasteiger partial charge in [0.2, 0.25) is 0 Å². The van der Waals surface area contributed by atoms with Crippen molar-refractivity contribution in [1.82, 2.24) is 9.78 Å². The molecule has 0 atom stereocenters. The van der Waals surface area contributed by atoms with Crippen LogP contribution in [0.2, 0.25) is 10.0 Å². The molecule has 0 bridgehead atoms. The van der Waals surface area contributed by atoms with E-state index in [2.05, 4.69) is 10.4 Å². The maximum atomic E-state index is 14.2. The number of benzene rings is 2. The number of rotatable bonds is 3. The summed E-state index contributed by atoms with van der Waals surface area (Å²) in [7, 11) is 0. The fourth-order valence-corrected chi connectivity index (χ4v) is 3.55. The first-order valence-corrected chi connectivity index (χ1v) is 8.92. The molecule has 0 spiro atoms. The van der Waals surface area contributed by atoms with Crippen molar-refractivity contribution in [2.75, 3.05) is 5.32 Å². The molecule has 0 saturated heterocycles. The van der Waals surface area contributed by atoms with Crippen LogP contribution in [0.25, 0.3) is 5.69 Å². The molecule has 1 heterocycles. The Bertz CT molecular complexity index is 1020. The third kappa shape index (κ3) is 2.97. The van der Waals surface area contributed by atoms with E-state index in [1.807, 2.05) is 0 Å². The Morgan fingerprint density at radius 1 is 1.15 bits per heavy atom. The highest BCUT2D eigenvalue weighted by atomic mass is 35.5. The molecule has 1 N–H and O–H groups in total. The van der Waals surface area contributed by atoms with E-state index < -0.39 is 0 Å². The van der Waals surface area contributed by atoms with E-state index in [0.717, 1.165) is 30.5 Å². The van der Waals surface area contributed by atoms with Crippen molar-refractivity contribution >= 4 is 34.8 Å². The van der Waals surface area contributed by atoms with Gasteiger partial charge in [0.25, 0.3) is 5.91 Å². The second-order valence-corrected chi connectivity index (χ2v) is 6.91. The lowest BCUT2D eigenvalue weighted by atomic mass is 10.2. The summed E-state index contributed by atoms with van der Waals surface area (Å²) in [6.45, 7) is 0. The molecule has 1 aliphatic rings. The molecule has 0 fully saturated rings. The Labute approximate surface area is 159 Å². The van der Waals surface area contributed by atoms with Crippen LogP contribution in [0.5, 0.6) is 0 Å². The van der Waals surface area contributed by atoms with E-state index in [-0.39, 0.29) is 17.4 Å². The van der Waals surface area contributed by atoms with Crippen molar-refractivity contribution in [3.05, 3.63) is 75.3 Å². The van der Waals surface area contributed by atoms with Gasteiger partial charge in [-0.05, 0) is 49.6 Å². The summed E-state index contributed by atoms with van der Waals surface area (Å²) in [5, 5.41) is 8.00. The number of nitrogens with one attached hydrogen (secondary N) is 1. The topological polar surface area (TPSA) is 46.9 Å². The van der Waals surface area contributed by atoms with Gasteiger partial charge in [0.1, 0.15) is 11.5 Å². The lowest BCUT2D eigenvalue weighted by Crippen LogP contribution is -2.15. The van der Waals surface area contributed by atoms with Crippen LogP contribution in [0, 0.1) is 5.82 Å². The van der Waals surface area contributed by atoms with Gasteiger partial charge in [-0.25, -0.2) is 9.07 Å². The SMILES string of the molecule is O=C(Nc1cc(Cl)ccc1Cl)c1nn(-c2ccccc2F)c2c1CCC2. The maximum absolute atomic E-state index is 14.2. The maximum Gasteiger partial charge on any atom is 0.276 e. The molecular weight excluding hydrogens is 376 g/mol. The predicted molar refractivity (Wildman–Crippen MR) is 100.0 cm³/mol. The van der Waals surface area contributed by atoms with Gasteiger partial charge in [0.15, 0.2) is 5.69 Å². The quantitative estimate of drug-likeness (QED) is 0.680. The zero-order chi connectivity index (χ0) is 18.3. The second kappa shape index (κ2) is 6.74. The van der Waals surface area contributed by atoms with Gasteiger partial charge in [-0.3, -0.25) is 4.79 Å². The molecule has 26 heavy (non-hydrogen) atoms. The van der Waals surface area contributed by atoms with Gasteiger partial charge in [-0.15, -0.1) is 0 Å². The first-order chi connectivity index (χ1) is 12.5. The molecule has 1 amide bonds. The smallest absolute Gasteiger partial charge is 0.276 e. The van der Waals surface area contributed by atoms with Gasteiger partial charge in [0, 0.05) is 16.3 Å². The van der Waals surface area contributed by atoms with Crippen molar-refractivity contribution in [1.29, 1.82) is 0 Å². The van der Waals surface area contributed by atoms with Crippen LogP contribution in [-0.2, 0) is 12.8 Å². The first kappa shape index (κ1) is 17.1. The molecule has 1 aliphatic carbocycles. The van der Waals surface area contributed by atoms with Crippen molar-refractivity contribution in [2.24, 2.45) is 0 Å². The number of hydrogen-bond donors (Lipinski definition) is 1. The fourth-order valence-electron chi connectivity index (χ4n) is 3.22. The van der Waals surface area contributed by atoms with E-state index in [0.29, 0.717) is 21.4 Å². The summed E-state index contributed by atoms with van der Waals surface area (Å²) in [6.07, 6.45) is 2.39. The van der Waals surface area contributed by atoms with Crippen molar-refractivity contribution in [3.63, 3.8) is 0 Å². The van der Waals surface area contributed by atoms with Gasteiger partial charge < -0.3 is 5.32 Å². The molecule has 7 heteroatoms. The number of anilines is 1. The minimum absolute atomic E-state index is 0.289. The van der Waals surface area contributed by atoms with E-state index in [1.165, 1.54) is 10.7 Å². The third-order valence-electron chi connectivity index (χ3n) is 4.40. The summed E-state index contributed by atoms with van der Waals surface area (Å²) in [6, 6.07) is 11.2. The van der Waals surface area contributed by atoms with Crippen LogP contribution in [-0.4, -0.2) is 15.7 Å². The zero-order valence-electron chi connectivity index (χ0n) is 13.6. The minimum Gasteiger partial charge on any atom is -0.319 e. The Kier molecular flexibility index (Phi) is 4.42. The standard InChI is InChI=1S/C19H14Cl2FN3O/c20-11-8-9-13(21)15(10-11)23-19(26)18-12-4-3-7-16(12)25(24-18)17-6-2-1-5-14(17)22/h1-2,5-6,8-10H,3-4,7H2,(H,23,26). The van der Waals surface area contributed by atoms with Gasteiger partial charge >= 0.3 is 0 Å². The van der Waals surface area contributed by atoms with Gasteiger partial charge in [-0.2, -0.15) is 5.10 Å². The number of halogens is 3. The molecule has 4 nitrogen and oxygen atoms in total. The van der Waals surface area contributed by atoms with Crippen molar-refractivity contribution in [2.45, 2.75) is 19.3 Å². The fraction of sp³-hybridized carbons (Fsp3) is 0.158. The van der Waals surface area contributed by atoms with Gasteiger partial charge in [0.05, 0.1) is 10.7 Å². The normalized spacial score (nSPS) is 12.9. The van der Waals surface area contributed by atoms with Crippen LogP contribution in [0.1, 0.15) is 28.2 Å². The molecule has 4 rings (SSSR count). The van der Waals surface area contributed by atoms with Crippen LogP contribution in [0.3, 0.4) is 0 Å². The Morgan fingerprint density at radius 2 is 1.96 bits per heavy atom. The number of para-hydroxylation sites is 1. The Balaban J connectivity index is 1.74. The largest absolute Gasteiger partial charge is 0.319 e. The highest BCUT2D eigenvalue weighted by Gasteiger charge is 2.28. The first-order valence-electron chi connectivity index (χ1n) is 8.16. The van der Waals surface area contributed by atoms with Crippen LogP contribution >= 0.6 is 23.2 Å². The molecular formula is C19H14Cl2FN3O. The van der Waals surface area contributed by atoms with Crippen LogP contribution < -0.4 is 5.32 Å². The molecule has 1 aromatic heterocycles. The van der Waals surface area contributed by atoms with Crippen LogP contribution in [0.15, 0.2) is 42.5 Å². The molecule has 0 aliphatic heterocycles. The molecule has 3 aromatic rings. The Morgan fingerprint density at radius 3 is 2.77 bits per heavy atom. The highest BCUT2D eigenvalue weighted by molar-refractivity contribution is 6.35. The summed E-state index contributed by atoms with van der Waals surface area (Å²) < 4.78 is 15.7. The van der Waals surface area contributed by atoms with Crippen molar-refractivity contribution < 1.29 is 9.18 Å². The number of carbonyl (C=O) groups is 1. The number of amides is 1. The van der Waals surface area contributed by atoms with E-state index >= 15 is 0 Å². The number of hydrogen-bond acceptors (Lipinski definition) is 2. The lowest BCUT2D eigenvalue weighted by molar-refractivity contribution is 0.102. The minimum atomic E-state index is -0.387. The predicted octanol–water partition coefficient (Wildman–Crippen LogP) is 5.06. The number of aromatic nitrogens is 2. The average molecular weight is 390 g/mol. The summed E-state index contributed by atoms with van der Waals surface area (Å²) in [5.74, 6) is -0.767. The van der Waals surface area contributed by atoms with Crippen molar-refractivity contribution in [3.8, 4) is 5.69 Å². The zero-order valence-corrected chi connectivity index (χ0v) is 15.1. The third-order valence-corrected chi connectivity index (χ3v) is 4.97. The van der Waals surface area contributed by atoms with E-state index in [9.17, 15) is 9.18 Å².